The molecule has 0 radical (unpaired) electrons. The van der Waals surface area contributed by atoms with Crippen molar-refractivity contribution in [2.24, 2.45) is 5.92 Å². The molecule has 1 saturated carbocycles. The second-order valence-corrected chi connectivity index (χ2v) is 6.81. The van der Waals surface area contributed by atoms with Gasteiger partial charge in [0.15, 0.2) is 5.60 Å². The highest BCUT2D eigenvalue weighted by Gasteiger charge is 2.54. The first kappa shape index (κ1) is 15.4. The predicted octanol–water partition coefficient (Wildman–Crippen LogP) is 2.51. The average Bonchev–Trinajstić information content (AvgIpc) is 2.48. The molecule has 0 saturated heterocycles. The molecule has 1 aromatic carbocycles. The summed E-state index contributed by atoms with van der Waals surface area (Å²) in [6.07, 6.45) is 2.99. The summed E-state index contributed by atoms with van der Waals surface area (Å²) in [6, 6.07) is 5.59. The zero-order valence-electron chi connectivity index (χ0n) is 13.3. The van der Waals surface area contributed by atoms with Gasteiger partial charge < -0.3 is 15.3 Å². The van der Waals surface area contributed by atoms with E-state index in [2.05, 4.69) is 18.8 Å². The molecule has 3 N–H and O–H groups in total. The predicted molar refractivity (Wildman–Crippen MR) is 85.5 cm³/mol. The molecule has 0 bridgehead atoms. The summed E-state index contributed by atoms with van der Waals surface area (Å²) in [6.45, 7) is 3.85. The molecule has 2 aliphatic rings. The monoisotopic (exact) mass is 300 g/mol. The molecule has 3 heteroatoms. The molecule has 2 aliphatic carbocycles. The fraction of sp³-hybridized carbons (Fsp3) is 0.579. The van der Waals surface area contributed by atoms with Gasteiger partial charge in [-0.05, 0) is 68.2 Å². The van der Waals surface area contributed by atoms with E-state index >= 15 is 0 Å². The number of hydrogen-bond acceptors (Lipinski definition) is 3. The third-order valence-corrected chi connectivity index (χ3v) is 5.81. The molecular formula is C19H24O3. The molecule has 0 aromatic heterocycles. The number of fused-ring (bicyclic) bond motifs is 3. The lowest BCUT2D eigenvalue weighted by molar-refractivity contribution is -0.106. The van der Waals surface area contributed by atoms with Crippen LogP contribution in [0.2, 0.25) is 0 Å². The number of phenols is 1. The van der Waals surface area contributed by atoms with E-state index < -0.39 is 11.7 Å². The van der Waals surface area contributed by atoms with Gasteiger partial charge in [0.1, 0.15) is 5.75 Å². The van der Waals surface area contributed by atoms with Crippen molar-refractivity contribution in [1.82, 2.24) is 0 Å². The Bertz CT molecular complexity index is 642. The van der Waals surface area contributed by atoms with Crippen molar-refractivity contribution in [1.29, 1.82) is 0 Å². The minimum absolute atomic E-state index is 0.123. The van der Waals surface area contributed by atoms with E-state index in [1.807, 2.05) is 12.1 Å². The number of benzene rings is 1. The van der Waals surface area contributed by atoms with Gasteiger partial charge in [-0.15, -0.1) is 5.92 Å². The maximum Gasteiger partial charge on any atom is 0.151 e. The summed E-state index contributed by atoms with van der Waals surface area (Å²) in [4.78, 5) is 0. The van der Waals surface area contributed by atoms with E-state index in [1.165, 1.54) is 11.1 Å². The molecule has 22 heavy (non-hydrogen) atoms. The first-order valence-corrected chi connectivity index (χ1v) is 8.12. The van der Waals surface area contributed by atoms with Crippen molar-refractivity contribution in [3.63, 3.8) is 0 Å². The normalized spacial score (nSPS) is 36.7. The minimum Gasteiger partial charge on any atom is -0.508 e. The highest BCUT2D eigenvalue weighted by Crippen LogP contribution is 2.54. The fourth-order valence-corrected chi connectivity index (χ4v) is 4.67. The van der Waals surface area contributed by atoms with Gasteiger partial charge in [-0.3, -0.25) is 0 Å². The molecule has 1 aromatic rings. The zero-order valence-corrected chi connectivity index (χ0v) is 13.3. The molecule has 4 atom stereocenters. The van der Waals surface area contributed by atoms with Gasteiger partial charge >= 0.3 is 0 Å². The van der Waals surface area contributed by atoms with Crippen molar-refractivity contribution in [2.75, 3.05) is 0 Å². The smallest absolute Gasteiger partial charge is 0.151 e. The van der Waals surface area contributed by atoms with Crippen LogP contribution in [-0.4, -0.2) is 27.0 Å². The summed E-state index contributed by atoms with van der Waals surface area (Å²) in [5.74, 6) is 6.21. The van der Waals surface area contributed by atoms with Gasteiger partial charge in [-0.25, -0.2) is 0 Å². The Hall–Kier alpha value is -1.50. The van der Waals surface area contributed by atoms with E-state index in [0.29, 0.717) is 24.5 Å². The Kier molecular flexibility index (Phi) is 3.71. The molecule has 0 spiro atoms. The summed E-state index contributed by atoms with van der Waals surface area (Å²) in [7, 11) is 0. The van der Waals surface area contributed by atoms with E-state index in [-0.39, 0.29) is 5.41 Å². The van der Waals surface area contributed by atoms with Crippen LogP contribution in [0.25, 0.3) is 0 Å². The molecule has 0 unspecified atom stereocenters. The van der Waals surface area contributed by atoms with E-state index in [1.54, 1.807) is 13.0 Å². The fourth-order valence-electron chi connectivity index (χ4n) is 4.67. The number of phenolic OH excluding ortho intramolecular Hbond substituents is 1. The number of hydrogen-bond donors (Lipinski definition) is 3. The third-order valence-electron chi connectivity index (χ3n) is 5.81. The van der Waals surface area contributed by atoms with Gasteiger partial charge in [0.2, 0.25) is 0 Å². The molecule has 0 amide bonds. The van der Waals surface area contributed by atoms with Gasteiger partial charge in [0, 0.05) is 5.41 Å². The van der Waals surface area contributed by atoms with Crippen molar-refractivity contribution in [3.8, 4) is 17.6 Å². The Morgan fingerprint density at radius 2 is 2.09 bits per heavy atom. The quantitative estimate of drug-likeness (QED) is 0.698. The average molecular weight is 300 g/mol. The second kappa shape index (κ2) is 5.30. The largest absolute Gasteiger partial charge is 0.508 e. The van der Waals surface area contributed by atoms with Gasteiger partial charge in [0.05, 0.1) is 6.10 Å². The Labute approximate surface area is 132 Å². The van der Waals surface area contributed by atoms with Crippen molar-refractivity contribution < 1.29 is 15.3 Å². The lowest BCUT2D eigenvalue weighted by Gasteiger charge is -2.53. The summed E-state index contributed by atoms with van der Waals surface area (Å²) in [5.41, 5.74) is 1.00. The first-order chi connectivity index (χ1) is 10.4. The highest BCUT2D eigenvalue weighted by molar-refractivity contribution is 5.44. The Balaban J connectivity index is 2.07. The number of aryl methyl sites for hydroxylation is 1. The van der Waals surface area contributed by atoms with Crippen molar-refractivity contribution in [3.05, 3.63) is 29.3 Å². The van der Waals surface area contributed by atoms with E-state index in [4.69, 9.17) is 0 Å². The molecule has 0 heterocycles. The molecule has 0 aliphatic heterocycles. The van der Waals surface area contributed by atoms with Crippen molar-refractivity contribution in [2.45, 2.75) is 63.1 Å². The van der Waals surface area contributed by atoms with Gasteiger partial charge in [0.25, 0.3) is 0 Å². The minimum atomic E-state index is -1.29. The summed E-state index contributed by atoms with van der Waals surface area (Å²) in [5, 5.41) is 31.0. The van der Waals surface area contributed by atoms with Crippen LogP contribution in [0.3, 0.4) is 0 Å². The lowest BCUT2D eigenvalue weighted by Crippen LogP contribution is -2.57. The maximum absolute atomic E-state index is 10.7. The van der Waals surface area contributed by atoms with Gasteiger partial charge in [-0.1, -0.05) is 18.9 Å². The number of rotatable bonds is 1. The Morgan fingerprint density at radius 3 is 2.77 bits per heavy atom. The van der Waals surface area contributed by atoms with Crippen LogP contribution in [-0.2, 0) is 11.8 Å². The molecule has 3 nitrogen and oxygen atoms in total. The third kappa shape index (κ3) is 2.14. The molecule has 3 rings (SSSR count). The van der Waals surface area contributed by atoms with E-state index in [9.17, 15) is 15.3 Å². The van der Waals surface area contributed by atoms with E-state index in [0.717, 1.165) is 19.3 Å². The van der Waals surface area contributed by atoms with Crippen LogP contribution < -0.4 is 0 Å². The number of aliphatic hydroxyl groups excluding tert-OH is 1. The maximum atomic E-state index is 10.7. The number of aromatic hydroxyl groups is 1. The standard InChI is InChI=1S/C19H24O3/c1-3-9-19(22)11-14-6-5-13-10-15(20)7-8-16(13)18(14,4-2)12-17(19)21/h7-8,10,14,17,20-22H,4-6,11-12H2,1-2H3/t14-,17+,18-,19+/m1/s1. The topological polar surface area (TPSA) is 60.7 Å². The highest BCUT2D eigenvalue weighted by atomic mass is 16.3. The lowest BCUT2D eigenvalue weighted by atomic mass is 9.52. The van der Waals surface area contributed by atoms with Crippen LogP contribution in [0, 0.1) is 17.8 Å². The summed E-state index contributed by atoms with van der Waals surface area (Å²) >= 11 is 0. The van der Waals surface area contributed by atoms with Crippen LogP contribution in [0.5, 0.6) is 5.75 Å². The van der Waals surface area contributed by atoms with Gasteiger partial charge in [-0.2, -0.15) is 0 Å². The Morgan fingerprint density at radius 1 is 1.32 bits per heavy atom. The second-order valence-electron chi connectivity index (χ2n) is 6.81. The van der Waals surface area contributed by atoms with Crippen LogP contribution in [0.1, 0.15) is 50.7 Å². The first-order valence-electron chi connectivity index (χ1n) is 8.12. The molecule has 118 valence electrons. The number of aliphatic hydroxyl groups is 2. The molecule has 1 fully saturated rings. The SMILES string of the molecule is CC#C[C@]1(O)C[C@H]2CCc3cc(O)ccc3[C@]2(CC)C[C@@H]1O. The van der Waals surface area contributed by atoms with Crippen LogP contribution in [0.15, 0.2) is 18.2 Å². The van der Waals surface area contributed by atoms with Crippen LogP contribution in [0.4, 0.5) is 0 Å². The summed E-state index contributed by atoms with van der Waals surface area (Å²) < 4.78 is 0. The molecular weight excluding hydrogens is 276 g/mol. The van der Waals surface area contributed by atoms with Crippen LogP contribution >= 0.6 is 0 Å². The zero-order chi connectivity index (χ0) is 16.0. The van der Waals surface area contributed by atoms with Crippen molar-refractivity contribution >= 4 is 0 Å².